The fraction of sp³-hybridized carbons (Fsp3) is 0.800. The third-order valence-corrected chi connectivity index (χ3v) is 2.06. The van der Waals surface area contributed by atoms with E-state index in [0.717, 1.165) is 12.8 Å². The molecule has 0 aliphatic carbocycles. The van der Waals surface area contributed by atoms with Gasteiger partial charge in [-0.05, 0) is 12.8 Å². The van der Waals surface area contributed by atoms with Crippen LogP contribution in [0.5, 0.6) is 0 Å². The third-order valence-electron chi connectivity index (χ3n) is 2.06. The number of hydrogen-bond donors (Lipinski definition) is 2. The van der Waals surface area contributed by atoms with Crippen LogP contribution >= 0.6 is 0 Å². The Labute approximate surface area is 89.0 Å². The summed E-state index contributed by atoms with van der Waals surface area (Å²) in [5.74, 6) is -1.22. The molecule has 0 spiro atoms. The van der Waals surface area contributed by atoms with Crippen LogP contribution in [0.4, 0.5) is 0 Å². The van der Waals surface area contributed by atoms with Crippen molar-refractivity contribution >= 4 is 11.9 Å². The van der Waals surface area contributed by atoms with Gasteiger partial charge in [-0.15, -0.1) is 0 Å². The van der Waals surface area contributed by atoms with Crippen molar-refractivity contribution in [1.29, 1.82) is 0 Å². The van der Waals surface area contributed by atoms with Crippen molar-refractivity contribution in [3.8, 4) is 0 Å². The molecule has 0 fully saturated rings. The Balaban J connectivity index is 3.35. The van der Waals surface area contributed by atoms with Crippen LogP contribution in [-0.4, -0.2) is 35.4 Å². The van der Waals surface area contributed by atoms with Crippen LogP contribution < -0.4 is 0 Å². The molecule has 0 bridgehead atoms. The maximum absolute atomic E-state index is 10.7. The Morgan fingerprint density at radius 3 is 2.47 bits per heavy atom. The predicted molar refractivity (Wildman–Crippen MR) is 53.4 cm³/mol. The second kappa shape index (κ2) is 8.23. The topological polar surface area (TPSA) is 83.8 Å². The highest BCUT2D eigenvalue weighted by molar-refractivity contribution is 5.69. The molecule has 1 atom stereocenters. The summed E-state index contributed by atoms with van der Waals surface area (Å²) in [6, 6.07) is 0. The average molecular weight is 218 g/mol. The molecule has 1 unspecified atom stereocenters. The van der Waals surface area contributed by atoms with Gasteiger partial charge in [0.1, 0.15) is 0 Å². The van der Waals surface area contributed by atoms with Crippen molar-refractivity contribution in [2.24, 2.45) is 0 Å². The van der Waals surface area contributed by atoms with E-state index in [1.54, 1.807) is 0 Å². The zero-order valence-electron chi connectivity index (χ0n) is 8.94. The van der Waals surface area contributed by atoms with Crippen molar-refractivity contribution in [2.75, 3.05) is 7.11 Å². The molecule has 0 amide bonds. The minimum absolute atomic E-state index is 0.00936. The average Bonchev–Trinajstić information content (AvgIpc) is 2.16. The first-order valence-electron chi connectivity index (χ1n) is 5.03. The number of methoxy groups -OCH3 is 1. The molecule has 0 heterocycles. The molecule has 0 saturated heterocycles. The first-order chi connectivity index (χ1) is 7.06. The first kappa shape index (κ1) is 13.9. The van der Waals surface area contributed by atoms with Gasteiger partial charge in [-0.2, -0.15) is 0 Å². The molecule has 0 rings (SSSR count). The minimum atomic E-state index is -0.801. The highest BCUT2D eigenvalue weighted by atomic mass is 16.5. The van der Waals surface area contributed by atoms with Crippen molar-refractivity contribution in [3.63, 3.8) is 0 Å². The molecular weight excluding hydrogens is 200 g/mol. The Kier molecular flexibility index (Phi) is 7.62. The molecule has 15 heavy (non-hydrogen) atoms. The van der Waals surface area contributed by atoms with Gasteiger partial charge in [0, 0.05) is 6.42 Å². The number of carbonyl (C=O) groups excluding carboxylic acids is 1. The molecule has 5 heteroatoms. The summed E-state index contributed by atoms with van der Waals surface area (Å²) in [6.45, 7) is 0. The van der Waals surface area contributed by atoms with Gasteiger partial charge in [0.25, 0.3) is 0 Å². The monoisotopic (exact) mass is 218 g/mol. The molecule has 0 saturated carbocycles. The fourth-order valence-electron chi connectivity index (χ4n) is 1.21. The van der Waals surface area contributed by atoms with Gasteiger partial charge < -0.3 is 14.9 Å². The van der Waals surface area contributed by atoms with Crippen LogP contribution in [0.25, 0.3) is 0 Å². The molecular formula is C10H18O5. The number of carboxylic acid groups (broad SMARTS) is 1. The Bertz CT molecular complexity index is 202. The number of ether oxygens (including phenoxy) is 1. The molecule has 0 aromatic heterocycles. The standard InChI is InChI=1S/C10H18O5/c1-15-10(14)7-8(11)5-3-2-4-6-9(12)13/h8,11H,2-7H2,1H3,(H,12,13). The van der Waals surface area contributed by atoms with E-state index in [-0.39, 0.29) is 12.8 Å². The summed E-state index contributed by atoms with van der Waals surface area (Å²) in [6.07, 6.45) is 2.09. The number of rotatable bonds is 8. The van der Waals surface area contributed by atoms with Crippen LogP contribution in [-0.2, 0) is 14.3 Å². The Morgan fingerprint density at radius 2 is 1.93 bits per heavy atom. The van der Waals surface area contributed by atoms with E-state index in [2.05, 4.69) is 4.74 Å². The van der Waals surface area contributed by atoms with Gasteiger partial charge in [0.2, 0.25) is 0 Å². The zero-order chi connectivity index (χ0) is 11.7. The lowest BCUT2D eigenvalue weighted by Gasteiger charge is -2.08. The van der Waals surface area contributed by atoms with E-state index in [9.17, 15) is 14.7 Å². The highest BCUT2D eigenvalue weighted by Crippen LogP contribution is 2.08. The van der Waals surface area contributed by atoms with E-state index in [1.807, 2.05) is 0 Å². The van der Waals surface area contributed by atoms with Crippen LogP contribution in [0.1, 0.15) is 38.5 Å². The van der Waals surface area contributed by atoms with Crippen molar-refractivity contribution in [2.45, 2.75) is 44.6 Å². The Hall–Kier alpha value is -1.10. The van der Waals surface area contributed by atoms with Gasteiger partial charge in [-0.1, -0.05) is 12.8 Å². The summed E-state index contributed by atoms with van der Waals surface area (Å²) in [5, 5.41) is 17.7. The number of aliphatic hydroxyl groups is 1. The van der Waals surface area contributed by atoms with Gasteiger partial charge in [0.15, 0.2) is 0 Å². The summed E-state index contributed by atoms with van der Waals surface area (Å²) < 4.78 is 4.40. The molecule has 0 radical (unpaired) electrons. The van der Waals surface area contributed by atoms with Gasteiger partial charge in [0.05, 0.1) is 19.6 Å². The normalized spacial score (nSPS) is 12.1. The second-order valence-corrected chi connectivity index (χ2v) is 3.43. The number of carbonyl (C=O) groups is 2. The van der Waals surface area contributed by atoms with Gasteiger partial charge in [-0.3, -0.25) is 9.59 Å². The van der Waals surface area contributed by atoms with E-state index in [4.69, 9.17) is 5.11 Å². The number of unbranched alkanes of at least 4 members (excludes halogenated alkanes) is 2. The minimum Gasteiger partial charge on any atom is -0.481 e. The fourth-order valence-corrected chi connectivity index (χ4v) is 1.21. The largest absolute Gasteiger partial charge is 0.481 e. The molecule has 0 aromatic rings. The number of carboxylic acids is 1. The summed E-state index contributed by atoms with van der Waals surface area (Å²) in [4.78, 5) is 20.9. The lowest BCUT2D eigenvalue weighted by Crippen LogP contribution is -2.14. The van der Waals surface area contributed by atoms with E-state index in [1.165, 1.54) is 7.11 Å². The van der Waals surface area contributed by atoms with Crippen LogP contribution in [0.2, 0.25) is 0 Å². The van der Waals surface area contributed by atoms with E-state index >= 15 is 0 Å². The lowest BCUT2D eigenvalue weighted by atomic mass is 10.1. The summed E-state index contributed by atoms with van der Waals surface area (Å²) in [7, 11) is 1.28. The molecule has 2 N–H and O–H groups in total. The number of aliphatic carboxylic acids is 1. The van der Waals surface area contributed by atoms with E-state index < -0.39 is 18.0 Å². The van der Waals surface area contributed by atoms with Crippen molar-refractivity contribution in [3.05, 3.63) is 0 Å². The molecule has 0 aliphatic heterocycles. The van der Waals surface area contributed by atoms with Gasteiger partial charge in [-0.25, -0.2) is 0 Å². The lowest BCUT2D eigenvalue weighted by molar-refractivity contribution is -0.143. The first-order valence-corrected chi connectivity index (χ1v) is 5.03. The third kappa shape index (κ3) is 9.21. The molecule has 5 nitrogen and oxygen atoms in total. The second-order valence-electron chi connectivity index (χ2n) is 3.43. The van der Waals surface area contributed by atoms with E-state index in [0.29, 0.717) is 12.8 Å². The quantitative estimate of drug-likeness (QED) is 0.468. The zero-order valence-corrected chi connectivity index (χ0v) is 8.94. The summed E-state index contributed by atoms with van der Waals surface area (Å²) >= 11 is 0. The van der Waals surface area contributed by atoms with Crippen molar-refractivity contribution < 1.29 is 24.5 Å². The SMILES string of the molecule is COC(=O)CC(O)CCCCCC(=O)O. The molecule has 88 valence electrons. The predicted octanol–water partition coefficient (Wildman–Crippen LogP) is 0.946. The van der Waals surface area contributed by atoms with Crippen LogP contribution in [0.15, 0.2) is 0 Å². The highest BCUT2D eigenvalue weighted by Gasteiger charge is 2.10. The van der Waals surface area contributed by atoms with Crippen LogP contribution in [0, 0.1) is 0 Å². The maximum Gasteiger partial charge on any atom is 0.308 e. The number of hydrogen-bond acceptors (Lipinski definition) is 4. The molecule has 0 aromatic carbocycles. The maximum atomic E-state index is 10.7. The van der Waals surface area contributed by atoms with Crippen LogP contribution in [0.3, 0.4) is 0 Å². The van der Waals surface area contributed by atoms with Gasteiger partial charge >= 0.3 is 11.9 Å². The number of esters is 1. The smallest absolute Gasteiger partial charge is 0.308 e. The van der Waals surface area contributed by atoms with Crippen molar-refractivity contribution in [1.82, 2.24) is 0 Å². The number of aliphatic hydroxyl groups excluding tert-OH is 1. The summed E-state index contributed by atoms with van der Waals surface area (Å²) in [5.41, 5.74) is 0. The Morgan fingerprint density at radius 1 is 1.27 bits per heavy atom. The molecule has 0 aliphatic rings.